The normalized spacial score (nSPS) is 13.0. The molecule has 0 saturated carbocycles. The van der Waals surface area contributed by atoms with Gasteiger partial charge in [0.25, 0.3) is 0 Å². The van der Waals surface area contributed by atoms with E-state index < -0.39 is 0 Å². The predicted molar refractivity (Wildman–Crippen MR) is 59.4 cm³/mol. The lowest BCUT2D eigenvalue weighted by Gasteiger charge is -2.11. The fourth-order valence-corrected chi connectivity index (χ4v) is 1.81. The first-order chi connectivity index (χ1) is 7.22. The summed E-state index contributed by atoms with van der Waals surface area (Å²) >= 11 is 0. The summed E-state index contributed by atoms with van der Waals surface area (Å²) in [6.45, 7) is 2.06. The molecule has 0 aliphatic heterocycles. The van der Waals surface area contributed by atoms with E-state index in [0.717, 1.165) is 16.3 Å². The van der Waals surface area contributed by atoms with Crippen LogP contribution in [0.2, 0.25) is 0 Å². The van der Waals surface area contributed by atoms with Crippen molar-refractivity contribution in [3.8, 4) is 0 Å². The molecule has 0 aliphatic carbocycles. The molecule has 0 amide bonds. The molecule has 2 aromatic rings. The molecule has 0 radical (unpaired) electrons. The minimum atomic E-state index is -0.226. The van der Waals surface area contributed by atoms with Crippen molar-refractivity contribution in [1.82, 2.24) is 0 Å². The standard InChI is InChI=1S/C13H13FO/c1-9(8-15)12-4-2-3-10-7-11(14)5-6-13(10)12/h2-7,9,15H,8H2,1H3. The SMILES string of the molecule is CC(CO)c1cccc2cc(F)ccc12. The average molecular weight is 204 g/mol. The first-order valence-corrected chi connectivity index (χ1v) is 5.01. The number of rotatable bonds is 2. The molecule has 0 spiro atoms. The van der Waals surface area contributed by atoms with E-state index in [2.05, 4.69) is 0 Å². The molecule has 15 heavy (non-hydrogen) atoms. The van der Waals surface area contributed by atoms with Gasteiger partial charge in [-0.05, 0) is 28.5 Å². The highest BCUT2D eigenvalue weighted by Crippen LogP contribution is 2.25. The third-order valence-electron chi connectivity index (χ3n) is 2.68. The Hall–Kier alpha value is -1.41. The van der Waals surface area contributed by atoms with Gasteiger partial charge in [-0.3, -0.25) is 0 Å². The largest absolute Gasteiger partial charge is 0.396 e. The maximum atomic E-state index is 13.0. The van der Waals surface area contributed by atoms with E-state index in [1.54, 1.807) is 6.07 Å². The van der Waals surface area contributed by atoms with Gasteiger partial charge in [-0.2, -0.15) is 0 Å². The van der Waals surface area contributed by atoms with Crippen LogP contribution in [0, 0.1) is 5.82 Å². The van der Waals surface area contributed by atoms with Crippen molar-refractivity contribution in [3.05, 3.63) is 47.8 Å². The number of aliphatic hydroxyl groups is 1. The summed E-state index contributed by atoms with van der Waals surface area (Å²) in [6.07, 6.45) is 0. The Balaban J connectivity index is 2.66. The van der Waals surface area contributed by atoms with Gasteiger partial charge in [-0.1, -0.05) is 31.2 Å². The van der Waals surface area contributed by atoms with E-state index in [0.29, 0.717) is 0 Å². The second-order valence-electron chi connectivity index (χ2n) is 3.80. The molecule has 0 saturated heterocycles. The minimum Gasteiger partial charge on any atom is -0.396 e. The predicted octanol–water partition coefficient (Wildman–Crippen LogP) is 3.07. The van der Waals surface area contributed by atoms with Crippen molar-refractivity contribution >= 4 is 10.8 Å². The summed E-state index contributed by atoms with van der Waals surface area (Å²) in [4.78, 5) is 0. The van der Waals surface area contributed by atoms with Crippen LogP contribution in [0.1, 0.15) is 18.4 Å². The molecule has 0 fully saturated rings. The summed E-state index contributed by atoms with van der Waals surface area (Å²) in [5.41, 5.74) is 1.06. The fraction of sp³-hybridized carbons (Fsp3) is 0.231. The number of benzene rings is 2. The van der Waals surface area contributed by atoms with Crippen molar-refractivity contribution < 1.29 is 9.50 Å². The van der Waals surface area contributed by atoms with Crippen molar-refractivity contribution in [2.45, 2.75) is 12.8 Å². The lowest BCUT2D eigenvalue weighted by Crippen LogP contribution is -1.99. The Labute approximate surface area is 88.2 Å². The summed E-state index contributed by atoms with van der Waals surface area (Å²) in [6, 6.07) is 10.5. The summed E-state index contributed by atoms with van der Waals surface area (Å²) in [7, 11) is 0. The number of hydrogen-bond donors (Lipinski definition) is 1. The van der Waals surface area contributed by atoms with Gasteiger partial charge in [0, 0.05) is 12.5 Å². The van der Waals surface area contributed by atoms with Crippen LogP contribution in [0.5, 0.6) is 0 Å². The van der Waals surface area contributed by atoms with Gasteiger partial charge in [0.1, 0.15) is 5.82 Å². The quantitative estimate of drug-likeness (QED) is 0.797. The lowest BCUT2D eigenvalue weighted by atomic mass is 9.95. The van der Waals surface area contributed by atoms with Gasteiger partial charge in [0.05, 0.1) is 0 Å². The zero-order chi connectivity index (χ0) is 10.8. The van der Waals surface area contributed by atoms with E-state index in [4.69, 9.17) is 5.11 Å². The van der Waals surface area contributed by atoms with Crippen LogP contribution in [0.3, 0.4) is 0 Å². The topological polar surface area (TPSA) is 20.2 Å². The van der Waals surface area contributed by atoms with Crippen LogP contribution in [0.15, 0.2) is 36.4 Å². The summed E-state index contributed by atoms with van der Waals surface area (Å²) in [5, 5.41) is 11.0. The van der Waals surface area contributed by atoms with Crippen molar-refractivity contribution in [3.63, 3.8) is 0 Å². The molecule has 2 rings (SSSR count). The molecule has 78 valence electrons. The van der Waals surface area contributed by atoms with Crippen molar-refractivity contribution in [2.24, 2.45) is 0 Å². The van der Waals surface area contributed by atoms with Gasteiger partial charge in [0.2, 0.25) is 0 Å². The molecule has 2 heteroatoms. The average Bonchev–Trinajstić information content (AvgIpc) is 2.26. The summed E-state index contributed by atoms with van der Waals surface area (Å²) in [5.74, 6) is -0.143. The number of hydrogen-bond acceptors (Lipinski definition) is 1. The highest BCUT2D eigenvalue weighted by Gasteiger charge is 2.08. The maximum absolute atomic E-state index is 13.0. The Morgan fingerprint density at radius 2 is 2.07 bits per heavy atom. The highest BCUT2D eigenvalue weighted by molar-refractivity contribution is 5.86. The van der Waals surface area contributed by atoms with Crippen LogP contribution in [-0.2, 0) is 0 Å². The van der Waals surface area contributed by atoms with Gasteiger partial charge in [0.15, 0.2) is 0 Å². The van der Waals surface area contributed by atoms with Crippen LogP contribution in [-0.4, -0.2) is 11.7 Å². The minimum absolute atomic E-state index is 0.0826. The molecule has 0 aliphatic rings. The zero-order valence-electron chi connectivity index (χ0n) is 8.57. The van der Waals surface area contributed by atoms with Crippen molar-refractivity contribution in [2.75, 3.05) is 6.61 Å². The number of fused-ring (bicyclic) bond motifs is 1. The molecule has 1 nitrogen and oxygen atoms in total. The fourth-order valence-electron chi connectivity index (χ4n) is 1.81. The number of halogens is 1. The molecule has 0 heterocycles. The van der Waals surface area contributed by atoms with E-state index in [9.17, 15) is 4.39 Å². The third kappa shape index (κ3) is 1.85. The van der Waals surface area contributed by atoms with Gasteiger partial charge < -0.3 is 5.11 Å². The second kappa shape index (κ2) is 3.99. The van der Waals surface area contributed by atoms with Crippen LogP contribution in [0.4, 0.5) is 4.39 Å². The van der Waals surface area contributed by atoms with Gasteiger partial charge >= 0.3 is 0 Å². The van der Waals surface area contributed by atoms with Crippen LogP contribution in [0.25, 0.3) is 10.8 Å². The van der Waals surface area contributed by atoms with Gasteiger partial charge in [-0.15, -0.1) is 0 Å². The molecule has 2 aromatic carbocycles. The molecule has 1 N–H and O–H groups in total. The lowest BCUT2D eigenvalue weighted by molar-refractivity contribution is 0.273. The number of aliphatic hydroxyl groups excluding tert-OH is 1. The Morgan fingerprint density at radius 1 is 1.27 bits per heavy atom. The monoisotopic (exact) mass is 204 g/mol. The van der Waals surface area contributed by atoms with E-state index in [1.807, 2.05) is 25.1 Å². The molecule has 0 bridgehead atoms. The van der Waals surface area contributed by atoms with E-state index >= 15 is 0 Å². The van der Waals surface area contributed by atoms with E-state index in [-0.39, 0.29) is 18.3 Å². The Morgan fingerprint density at radius 3 is 2.80 bits per heavy atom. The van der Waals surface area contributed by atoms with Crippen LogP contribution >= 0.6 is 0 Å². The molecule has 1 atom stereocenters. The highest BCUT2D eigenvalue weighted by atomic mass is 19.1. The van der Waals surface area contributed by atoms with Crippen molar-refractivity contribution in [1.29, 1.82) is 0 Å². The third-order valence-corrected chi connectivity index (χ3v) is 2.68. The Kier molecular flexibility index (Phi) is 2.69. The maximum Gasteiger partial charge on any atom is 0.123 e. The van der Waals surface area contributed by atoms with E-state index in [1.165, 1.54) is 12.1 Å². The Bertz CT molecular complexity index is 479. The second-order valence-corrected chi connectivity index (χ2v) is 3.80. The zero-order valence-corrected chi connectivity index (χ0v) is 8.57. The summed E-state index contributed by atoms with van der Waals surface area (Å²) < 4.78 is 13.0. The molecular weight excluding hydrogens is 191 g/mol. The smallest absolute Gasteiger partial charge is 0.123 e. The van der Waals surface area contributed by atoms with Crippen LogP contribution < -0.4 is 0 Å². The first-order valence-electron chi connectivity index (χ1n) is 5.01. The molecule has 1 unspecified atom stereocenters. The molecule has 0 aromatic heterocycles. The molecular formula is C13H13FO. The first kappa shape index (κ1) is 10.1. The van der Waals surface area contributed by atoms with Gasteiger partial charge in [-0.25, -0.2) is 4.39 Å².